The molecule has 4 aromatic carbocycles. The fraction of sp³-hybridized carbons (Fsp3) is 0.114. The third kappa shape index (κ3) is 5.32. The second-order valence-electron chi connectivity index (χ2n) is 10.7. The van der Waals surface area contributed by atoms with Gasteiger partial charge in [-0.2, -0.15) is 4.83 Å². The first-order chi connectivity index (χ1) is 20.7. The van der Waals surface area contributed by atoms with E-state index in [0.29, 0.717) is 16.9 Å². The average Bonchev–Trinajstić information content (AvgIpc) is 2.99. The Morgan fingerprint density at radius 2 is 1.40 bits per heavy atom. The van der Waals surface area contributed by atoms with E-state index in [2.05, 4.69) is 31.3 Å². The van der Waals surface area contributed by atoms with E-state index in [4.69, 9.17) is 15.3 Å². The van der Waals surface area contributed by atoms with Crippen molar-refractivity contribution in [3.05, 3.63) is 125 Å². The van der Waals surface area contributed by atoms with Crippen LogP contribution in [0.3, 0.4) is 0 Å². The zero-order chi connectivity index (χ0) is 30.3. The number of benzene rings is 5. The minimum atomic E-state index is -3.96. The van der Waals surface area contributed by atoms with E-state index in [1.807, 2.05) is 85.4 Å². The zero-order valence-corrected chi connectivity index (χ0v) is 25.2. The number of sulfonamides is 1. The first-order valence-corrected chi connectivity index (χ1v) is 15.4. The minimum absolute atomic E-state index is 0.0772. The molecule has 216 valence electrons. The predicted octanol–water partition coefficient (Wildman–Crippen LogP) is 7.57. The molecule has 0 atom stereocenters. The van der Waals surface area contributed by atoms with Crippen LogP contribution in [-0.2, 0) is 10.0 Å². The summed E-state index contributed by atoms with van der Waals surface area (Å²) in [5.41, 5.74) is 9.78. The quantitative estimate of drug-likeness (QED) is 0.106. The number of hydrazine groups is 1. The number of para-hydroxylation sites is 2. The first-order valence-electron chi connectivity index (χ1n) is 13.9. The number of fused-ring (bicyclic) bond motifs is 2. The van der Waals surface area contributed by atoms with Gasteiger partial charge in [0.25, 0.3) is 10.0 Å². The summed E-state index contributed by atoms with van der Waals surface area (Å²) in [4.78, 5) is 7.00. The summed E-state index contributed by atoms with van der Waals surface area (Å²) in [7, 11) is -3.96. The van der Waals surface area contributed by atoms with Crippen LogP contribution in [0, 0.1) is 27.7 Å². The maximum atomic E-state index is 13.0. The minimum Gasteiger partial charge on any atom is -0.456 e. The van der Waals surface area contributed by atoms with Crippen molar-refractivity contribution in [1.82, 2.24) is 4.83 Å². The molecule has 1 heterocycles. The third-order valence-corrected chi connectivity index (χ3v) is 8.98. The molecule has 8 heteroatoms. The Hall–Kier alpha value is -4.76. The summed E-state index contributed by atoms with van der Waals surface area (Å²) in [6.45, 7) is 8.21. The number of hydrogen-bond donors (Lipinski definition) is 3. The van der Waals surface area contributed by atoms with Gasteiger partial charge in [0.2, 0.25) is 0 Å². The molecule has 7 nitrogen and oxygen atoms in total. The fourth-order valence-corrected chi connectivity index (χ4v) is 6.40. The summed E-state index contributed by atoms with van der Waals surface area (Å²) >= 11 is 0. The molecule has 0 saturated carbocycles. The van der Waals surface area contributed by atoms with E-state index in [-0.39, 0.29) is 4.90 Å². The summed E-state index contributed by atoms with van der Waals surface area (Å²) in [6.07, 6.45) is 0. The normalized spacial score (nSPS) is 12.3. The Kier molecular flexibility index (Phi) is 7.35. The van der Waals surface area contributed by atoms with Crippen molar-refractivity contribution in [1.29, 1.82) is 0 Å². The second kappa shape index (κ2) is 11.1. The lowest BCUT2D eigenvalue weighted by molar-refractivity contribution is 0.584. The number of nitrogens with zero attached hydrogens (tertiary/aromatic N) is 1. The molecular weight excluding hydrogens is 556 g/mol. The number of nitrogens with one attached hydrogen (secondary N) is 2. The van der Waals surface area contributed by atoms with Gasteiger partial charge in [0.15, 0.2) is 0 Å². The fourth-order valence-electron chi connectivity index (χ4n) is 5.55. The second-order valence-corrected chi connectivity index (χ2v) is 12.4. The third-order valence-electron chi connectivity index (χ3n) is 7.74. The predicted molar refractivity (Wildman–Crippen MR) is 173 cm³/mol. The van der Waals surface area contributed by atoms with Crippen LogP contribution in [0.1, 0.15) is 22.3 Å². The largest absolute Gasteiger partial charge is 0.456 e. The van der Waals surface area contributed by atoms with Crippen molar-refractivity contribution < 1.29 is 12.8 Å². The van der Waals surface area contributed by atoms with E-state index < -0.39 is 10.0 Å². The van der Waals surface area contributed by atoms with Gasteiger partial charge in [0, 0.05) is 45.6 Å². The van der Waals surface area contributed by atoms with Gasteiger partial charge in [-0.25, -0.2) is 13.4 Å². The lowest BCUT2D eigenvalue weighted by atomic mass is 9.93. The molecule has 0 saturated heterocycles. The van der Waals surface area contributed by atoms with Crippen LogP contribution >= 0.6 is 0 Å². The Bertz CT molecular complexity index is 2130. The molecule has 0 aromatic heterocycles. The van der Waals surface area contributed by atoms with E-state index in [1.165, 1.54) is 0 Å². The molecule has 2 aliphatic rings. The van der Waals surface area contributed by atoms with Gasteiger partial charge in [-0.1, -0.05) is 54.6 Å². The highest BCUT2D eigenvalue weighted by Crippen LogP contribution is 2.43. The van der Waals surface area contributed by atoms with E-state index in [0.717, 1.165) is 61.2 Å². The van der Waals surface area contributed by atoms with Crippen LogP contribution in [0.5, 0.6) is 0 Å². The van der Waals surface area contributed by atoms with Gasteiger partial charge in [-0.15, -0.1) is 0 Å². The number of nitrogens with two attached hydrogens (primary N) is 1. The lowest BCUT2D eigenvalue weighted by Gasteiger charge is -2.19. The van der Waals surface area contributed by atoms with Crippen LogP contribution in [0.25, 0.3) is 33.4 Å². The van der Waals surface area contributed by atoms with Crippen LogP contribution in [0.15, 0.2) is 111 Å². The van der Waals surface area contributed by atoms with Gasteiger partial charge in [-0.05, 0) is 80.3 Å². The highest BCUT2D eigenvalue weighted by Gasteiger charge is 2.24. The van der Waals surface area contributed by atoms with Gasteiger partial charge >= 0.3 is 0 Å². The summed E-state index contributed by atoms with van der Waals surface area (Å²) in [5.74, 6) is 6.04. The van der Waals surface area contributed by atoms with E-state index >= 15 is 0 Å². The molecule has 4 N–H and O–H groups in total. The van der Waals surface area contributed by atoms with Gasteiger partial charge < -0.3 is 9.73 Å². The van der Waals surface area contributed by atoms with E-state index in [9.17, 15) is 8.42 Å². The highest BCUT2D eigenvalue weighted by atomic mass is 32.2. The average molecular weight is 589 g/mol. The number of aryl methyl sites for hydroxylation is 4. The van der Waals surface area contributed by atoms with Gasteiger partial charge in [0.05, 0.1) is 15.9 Å². The molecule has 0 fully saturated rings. The summed E-state index contributed by atoms with van der Waals surface area (Å²) < 4.78 is 32.6. The standard InChI is InChI=1S/C35H32N4O3S/c1-21-9-7-10-22(2)34(21)37-25-15-17-27-30(19-25)42-31-20-26(38-35-23(3)11-8-12-24(35)4)16-18-28(31)33(27)29-13-5-6-14-32(29)43(40,41)39-36/h5-20,37,39H,36H2,1-4H3. The molecular formula is C35H32N4O3S. The lowest BCUT2D eigenvalue weighted by Crippen LogP contribution is -2.30. The molecule has 0 spiro atoms. The first kappa shape index (κ1) is 28.4. The maximum absolute atomic E-state index is 13.0. The molecule has 1 aliphatic heterocycles. The molecule has 4 aromatic rings. The van der Waals surface area contributed by atoms with Crippen molar-refractivity contribution in [2.75, 3.05) is 5.32 Å². The molecule has 0 unspecified atom stereocenters. The Morgan fingerprint density at radius 3 is 2.09 bits per heavy atom. The maximum Gasteiger partial charge on any atom is 0.253 e. The Balaban J connectivity index is 1.64. The molecule has 6 rings (SSSR count). The molecule has 0 radical (unpaired) electrons. The zero-order valence-electron chi connectivity index (χ0n) is 24.4. The van der Waals surface area contributed by atoms with Crippen LogP contribution in [-0.4, -0.2) is 8.42 Å². The molecule has 1 aliphatic carbocycles. The monoisotopic (exact) mass is 588 g/mol. The molecule has 43 heavy (non-hydrogen) atoms. The summed E-state index contributed by atoms with van der Waals surface area (Å²) in [6, 6.07) is 30.7. The van der Waals surface area contributed by atoms with Crippen molar-refractivity contribution >= 4 is 38.1 Å². The number of hydrogen-bond acceptors (Lipinski definition) is 6. The van der Waals surface area contributed by atoms with Crippen molar-refractivity contribution in [3.63, 3.8) is 0 Å². The Morgan fingerprint density at radius 1 is 0.721 bits per heavy atom. The van der Waals surface area contributed by atoms with Crippen LogP contribution in [0.4, 0.5) is 17.1 Å². The van der Waals surface area contributed by atoms with Gasteiger partial charge in [-0.3, -0.25) is 5.84 Å². The van der Waals surface area contributed by atoms with Crippen LogP contribution < -0.4 is 21.3 Å². The van der Waals surface area contributed by atoms with Crippen molar-refractivity contribution in [2.24, 2.45) is 10.8 Å². The van der Waals surface area contributed by atoms with Crippen molar-refractivity contribution in [3.8, 4) is 22.5 Å². The smallest absolute Gasteiger partial charge is 0.253 e. The highest BCUT2D eigenvalue weighted by molar-refractivity contribution is 7.89. The number of anilines is 2. The number of rotatable bonds is 6. The van der Waals surface area contributed by atoms with Crippen LogP contribution in [0.2, 0.25) is 0 Å². The molecule has 0 amide bonds. The van der Waals surface area contributed by atoms with Crippen molar-refractivity contribution in [2.45, 2.75) is 32.6 Å². The topological polar surface area (TPSA) is 110 Å². The Labute approximate surface area is 251 Å². The molecule has 0 bridgehead atoms. The van der Waals surface area contributed by atoms with Gasteiger partial charge in [0.1, 0.15) is 11.3 Å². The SMILES string of the molecule is Cc1cccc(C)c1N=c1ccc2c(-c3ccccc3S(=O)(=O)NN)c3ccc(Nc4c(C)cccc4C)cc3oc-2c1. The summed E-state index contributed by atoms with van der Waals surface area (Å²) in [5, 5.41) is 5.03. The van der Waals surface area contributed by atoms with E-state index in [1.54, 1.807) is 18.2 Å².